The molecular formula is C17H21NO4S2. The summed E-state index contributed by atoms with van der Waals surface area (Å²) in [4.78, 5) is 0.203. The van der Waals surface area contributed by atoms with Gasteiger partial charge >= 0.3 is 0 Å². The molecule has 0 spiro atoms. The van der Waals surface area contributed by atoms with Crippen LogP contribution in [-0.2, 0) is 19.9 Å². The molecule has 0 saturated heterocycles. The second kappa shape index (κ2) is 6.94. The number of anilines is 1. The third-order valence-electron chi connectivity index (χ3n) is 3.89. The van der Waals surface area contributed by atoms with E-state index in [9.17, 15) is 16.8 Å². The fraction of sp³-hybridized carbons (Fsp3) is 0.294. The average molecular weight is 367 g/mol. The lowest BCUT2D eigenvalue weighted by Gasteiger charge is -2.12. The first kappa shape index (κ1) is 18.5. The van der Waals surface area contributed by atoms with Gasteiger partial charge in [-0.3, -0.25) is 4.72 Å². The molecule has 0 aliphatic heterocycles. The molecule has 0 radical (unpaired) electrons. The first-order valence-electron chi connectivity index (χ1n) is 7.56. The van der Waals surface area contributed by atoms with Crippen molar-refractivity contribution in [3.05, 3.63) is 54.1 Å². The van der Waals surface area contributed by atoms with Crippen molar-refractivity contribution in [1.82, 2.24) is 0 Å². The molecule has 1 unspecified atom stereocenters. The van der Waals surface area contributed by atoms with Crippen molar-refractivity contribution in [2.75, 3.05) is 11.0 Å². The van der Waals surface area contributed by atoms with Crippen LogP contribution in [0.3, 0.4) is 0 Å². The molecule has 0 saturated carbocycles. The number of hydrogen-bond donors (Lipinski definition) is 1. The first-order chi connectivity index (χ1) is 11.1. The van der Waals surface area contributed by atoms with E-state index in [-0.39, 0.29) is 15.5 Å². The van der Waals surface area contributed by atoms with Gasteiger partial charge in [-0.2, -0.15) is 0 Å². The van der Waals surface area contributed by atoms with Crippen LogP contribution in [0.2, 0.25) is 0 Å². The second-order valence-electron chi connectivity index (χ2n) is 5.78. The van der Waals surface area contributed by atoms with Crippen molar-refractivity contribution < 1.29 is 16.8 Å². The lowest BCUT2D eigenvalue weighted by Crippen LogP contribution is -2.13. The van der Waals surface area contributed by atoms with Gasteiger partial charge in [0.15, 0.2) is 9.84 Å². The molecule has 2 aromatic rings. The second-order valence-corrected chi connectivity index (χ2v) is 9.48. The van der Waals surface area contributed by atoms with Crippen molar-refractivity contribution in [2.24, 2.45) is 0 Å². The van der Waals surface area contributed by atoms with Crippen LogP contribution in [0.25, 0.3) is 0 Å². The molecule has 0 aromatic heterocycles. The van der Waals surface area contributed by atoms with Gasteiger partial charge in [0.1, 0.15) is 0 Å². The van der Waals surface area contributed by atoms with Crippen molar-refractivity contribution in [1.29, 1.82) is 0 Å². The Balaban J connectivity index is 2.29. The molecule has 2 aromatic carbocycles. The highest BCUT2D eigenvalue weighted by Gasteiger charge is 2.16. The number of sulfone groups is 1. The Morgan fingerprint density at radius 2 is 1.58 bits per heavy atom. The van der Waals surface area contributed by atoms with E-state index in [1.165, 1.54) is 24.3 Å². The van der Waals surface area contributed by atoms with Gasteiger partial charge in [-0.1, -0.05) is 32.0 Å². The highest BCUT2D eigenvalue weighted by Crippen LogP contribution is 2.23. The summed E-state index contributed by atoms with van der Waals surface area (Å²) in [6.45, 7) is 4.16. The molecule has 0 fully saturated rings. The third kappa shape index (κ3) is 4.36. The number of hydrogen-bond acceptors (Lipinski definition) is 4. The van der Waals surface area contributed by atoms with Gasteiger partial charge in [-0.25, -0.2) is 16.8 Å². The van der Waals surface area contributed by atoms with E-state index in [0.29, 0.717) is 5.92 Å². The van der Waals surface area contributed by atoms with Crippen molar-refractivity contribution >= 4 is 25.5 Å². The van der Waals surface area contributed by atoms with E-state index in [0.717, 1.165) is 18.2 Å². The molecule has 1 N–H and O–H groups in total. The number of nitrogens with one attached hydrogen (secondary N) is 1. The zero-order valence-corrected chi connectivity index (χ0v) is 15.5. The molecule has 0 aliphatic carbocycles. The van der Waals surface area contributed by atoms with E-state index in [2.05, 4.69) is 18.6 Å². The molecule has 0 amide bonds. The van der Waals surface area contributed by atoms with E-state index < -0.39 is 19.9 Å². The maximum Gasteiger partial charge on any atom is 0.261 e. The zero-order chi connectivity index (χ0) is 18.0. The fourth-order valence-electron chi connectivity index (χ4n) is 2.22. The number of sulfonamides is 1. The fourth-order valence-corrected chi connectivity index (χ4v) is 3.93. The Morgan fingerprint density at radius 3 is 2.12 bits per heavy atom. The van der Waals surface area contributed by atoms with E-state index in [4.69, 9.17) is 0 Å². The minimum atomic E-state index is -3.77. The zero-order valence-electron chi connectivity index (χ0n) is 13.9. The Bertz CT molecular complexity index is 917. The normalized spacial score (nSPS) is 13.5. The average Bonchev–Trinajstić information content (AvgIpc) is 2.53. The van der Waals surface area contributed by atoms with Crippen LogP contribution in [0.5, 0.6) is 0 Å². The van der Waals surface area contributed by atoms with Gasteiger partial charge < -0.3 is 0 Å². The predicted molar refractivity (Wildman–Crippen MR) is 95.5 cm³/mol. The summed E-state index contributed by atoms with van der Waals surface area (Å²) in [6.07, 6.45) is 2.05. The van der Waals surface area contributed by atoms with E-state index >= 15 is 0 Å². The Hall–Kier alpha value is -1.86. The van der Waals surface area contributed by atoms with Gasteiger partial charge in [-0.05, 0) is 48.2 Å². The molecular weight excluding hydrogens is 346 g/mol. The summed E-state index contributed by atoms with van der Waals surface area (Å²) in [5.74, 6) is 0.362. The lowest BCUT2D eigenvalue weighted by molar-refractivity contribution is 0.599. The van der Waals surface area contributed by atoms with Crippen LogP contribution in [0.15, 0.2) is 58.3 Å². The van der Waals surface area contributed by atoms with Crippen LogP contribution in [0, 0.1) is 0 Å². The summed E-state index contributed by atoms with van der Waals surface area (Å²) in [5.41, 5.74) is 1.29. The van der Waals surface area contributed by atoms with Gasteiger partial charge in [0.2, 0.25) is 0 Å². The summed E-state index contributed by atoms with van der Waals surface area (Å²) >= 11 is 0. The Morgan fingerprint density at radius 1 is 0.958 bits per heavy atom. The molecule has 0 aliphatic rings. The topological polar surface area (TPSA) is 80.3 Å². The molecule has 5 nitrogen and oxygen atoms in total. The maximum absolute atomic E-state index is 12.5. The molecule has 0 bridgehead atoms. The van der Waals surface area contributed by atoms with Crippen molar-refractivity contribution in [3.63, 3.8) is 0 Å². The standard InChI is InChI=1S/C17H21NO4S2/c1-4-13(2)14-8-10-16(11-9-14)24(21,22)18-15-6-5-7-17(12-15)23(3,19)20/h5-13,18H,4H2,1-3H3. The van der Waals surface area contributed by atoms with Gasteiger partial charge in [-0.15, -0.1) is 0 Å². The predicted octanol–water partition coefficient (Wildman–Crippen LogP) is 3.40. The van der Waals surface area contributed by atoms with E-state index in [1.807, 2.05) is 0 Å². The summed E-state index contributed by atoms with van der Waals surface area (Å²) in [5, 5.41) is 0. The molecule has 24 heavy (non-hydrogen) atoms. The van der Waals surface area contributed by atoms with Crippen LogP contribution >= 0.6 is 0 Å². The SMILES string of the molecule is CCC(C)c1ccc(S(=O)(=O)Nc2cccc(S(C)(=O)=O)c2)cc1. The van der Waals surface area contributed by atoms with Crippen LogP contribution in [0.4, 0.5) is 5.69 Å². The third-order valence-corrected chi connectivity index (χ3v) is 6.39. The summed E-state index contributed by atoms with van der Waals surface area (Å²) in [7, 11) is -7.17. The van der Waals surface area contributed by atoms with Crippen molar-refractivity contribution in [2.45, 2.75) is 36.0 Å². The highest BCUT2D eigenvalue weighted by molar-refractivity contribution is 7.92. The van der Waals surface area contributed by atoms with Gasteiger partial charge in [0.25, 0.3) is 10.0 Å². The summed E-state index contributed by atoms with van der Waals surface area (Å²) < 4.78 is 50.5. The maximum atomic E-state index is 12.5. The van der Waals surface area contributed by atoms with Crippen LogP contribution < -0.4 is 4.72 Å². The molecule has 7 heteroatoms. The Kier molecular flexibility index (Phi) is 5.35. The largest absolute Gasteiger partial charge is 0.280 e. The van der Waals surface area contributed by atoms with Crippen LogP contribution in [-0.4, -0.2) is 23.1 Å². The molecule has 0 heterocycles. The summed E-state index contributed by atoms with van der Waals surface area (Å²) in [6, 6.07) is 12.5. The van der Waals surface area contributed by atoms with E-state index in [1.54, 1.807) is 24.3 Å². The smallest absolute Gasteiger partial charge is 0.261 e. The minimum absolute atomic E-state index is 0.0646. The lowest BCUT2D eigenvalue weighted by atomic mass is 9.99. The molecule has 1 atom stereocenters. The molecule has 2 rings (SSSR count). The number of rotatable bonds is 6. The van der Waals surface area contributed by atoms with Gasteiger partial charge in [0.05, 0.1) is 15.5 Å². The van der Waals surface area contributed by atoms with Gasteiger partial charge in [0, 0.05) is 6.26 Å². The van der Waals surface area contributed by atoms with Crippen molar-refractivity contribution in [3.8, 4) is 0 Å². The monoisotopic (exact) mass is 367 g/mol. The Labute approximate surface area is 143 Å². The first-order valence-corrected chi connectivity index (χ1v) is 10.9. The quantitative estimate of drug-likeness (QED) is 0.848. The highest BCUT2D eigenvalue weighted by atomic mass is 32.2. The minimum Gasteiger partial charge on any atom is -0.280 e. The number of benzene rings is 2. The van der Waals surface area contributed by atoms with Crippen LogP contribution in [0.1, 0.15) is 31.7 Å². The molecule has 130 valence electrons.